The summed E-state index contributed by atoms with van der Waals surface area (Å²) in [5, 5.41) is 3.34. The van der Waals surface area contributed by atoms with Crippen LogP contribution in [-0.4, -0.2) is 19.9 Å². The topological polar surface area (TPSA) is 89.6 Å². The molecule has 3 heterocycles. The van der Waals surface area contributed by atoms with Crippen molar-refractivity contribution in [3.63, 3.8) is 0 Å². The molecule has 0 aliphatic carbocycles. The minimum atomic E-state index is 0.501. The third kappa shape index (κ3) is 3.51. The van der Waals surface area contributed by atoms with E-state index in [1.165, 1.54) is 0 Å². The number of nitrogens with two attached hydrogens (primary N) is 1. The van der Waals surface area contributed by atoms with Gasteiger partial charge in [0.15, 0.2) is 5.82 Å². The molecule has 3 rings (SSSR count). The van der Waals surface area contributed by atoms with E-state index in [2.05, 4.69) is 41.2 Å². The van der Waals surface area contributed by atoms with Crippen LogP contribution in [0.15, 0.2) is 41.3 Å². The van der Waals surface area contributed by atoms with E-state index in [1.807, 2.05) is 32.0 Å². The van der Waals surface area contributed by atoms with E-state index < -0.39 is 0 Å². The lowest BCUT2D eigenvalue weighted by molar-refractivity contribution is 1.02. The Hall–Kier alpha value is -2.54. The van der Waals surface area contributed by atoms with Crippen molar-refractivity contribution in [2.24, 2.45) is 0 Å². The molecule has 0 unspecified atom stereocenters. The van der Waals surface area contributed by atoms with Crippen molar-refractivity contribution < 1.29 is 0 Å². The van der Waals surface area contributed by atoms with Gasteiger partial charge in [0.2, 0.25) is 0 Å². The summed E-state index contributed by atoms with van der Waals surface area (Å²) in [5.41, 5.74) is 9.64. The smallest absolute Gasteiger partial charge is 0.163 e. The predicted octanol–water partition coefficient (Wildman–Crippen LogP) is 3.51. The average molecular weight is 385 g/mol. The Morgan fingerprint density at radius 3 is 2.79 bits per heavy atom. The first-order chi connectivity index (χ1) is 11.5. The fourth-order valence-electron chi connectivity index (χ4n) is 2.24. The van der Waals surface area contributed by atoms with Crippen molar-refractivity contribution in [2.45, 2.75) is 20.4 Å². The van der Waals surface area contributed by atoms with Crippen LogP contribution in [0.1, 0.15) is 16.8 Å². The van der Waals surface area contributed by atoms with Gasteiger partial charge in [-0.05, 0) is 48.0 Å². The van der Waals surface area contributed by atoms with E-state index in [0.29, 0.717) is 18.2 Å². The third-order valence-corrected chi connectivity index (χ3v) is 4.16. The number of hydrogen-bond acceptors (Lipinski definition) is 6. The highest BCUT2D eigenvalue weighted by molar-refractivity contribution is 9.10. The molecule has 0 saturated heterocycles. The largest absolute Gasteiger partial charge is 0.383 e. The molecule has 7 heteroatoms. The van der Waals surface area contributed by atoms with Crippen molar-refractivity contribution in [3.8, 4) is 11.4 Å². The van der Waals surface area contributed by atoms with Crippen LogP contribution in [0.2, 0.25) is 0 Å². The average Bonchev–Trinajstić information content (AvgIpc) is 2.59. The number of aryl methyl sites for hydroxylation is 1. The molecular formula is C17H17BrN6. The van der Waals surface area contributed by atoms with Crippen molar-refractivity contribution in [1.29, 1.82) is 0 Å². The predicted molar refractivity (Wildman–Crippen MR) is 98.4 cm³/mol. The lowest BCUT2D eigenvalue weighted by Gasteiger charge is -2.13. The highest BCUT2D eigenvalue weighted by Gasteiger charge is 2.10. The summed E-state index contributed by atoms with van der Waals surface area (Å²) in [6.07, 6.45) is 5.16. The molecule has 0 aliphatic heterocycles. The number of pyridine rings is 2. The molecule has 0 atom stereocenters. The fraction of sp³-hybridized carbons (Fsp3) is 0.176. The molecule has 0 radical (unpaired) electrons. The van der Waals surface area contributed by atoms with Crippen LogP contribution in [0.5, 0.6) is 0 Å². The summed E-state index contributed by atoms with van der Waals surface area (Å²) in [6, 6.07) is 5.76. The van der Waals surface area contributed by atoms with Crippen molar-refractivity contribution in [2.75, 3.05) is 11.1 Å². The summed E-state index contributed by atoms with van der Waals surface area (Å²) in [5.74, 6) is 1.93. The zero-order valence-corrected chi connectivity index (χ0v) is 15.0. The van der Waals surface area contributed by atoms with Crippen LogP contribution in [0.25, 0.3) is 11.4 Å². The van der Waals surface area contributed by atoms with Gasteiger partial charge in [-0.15, -0.1) is 0 Å². The molecule has 24 heavy (non-hydrogen) atoms. The molecular weight excluding hydrogens is 368 g/mol. The molecule has 0 aromatic carbocycles. The molecule has 6 nitrogen and oxygen atoms in total. The van der Waals surface area contributed by atoms with Gasteiger partial charge >= 0.3 is 0 Å². The Labute approximate surface area is 148 Å². The summed E-state index contributed by atoms with van der Waals surface area (Å²) in [7, 11) is 0. The molecule has 0 saturated carbocycles. The number of hydrogen-bond donors (Lipinski definition) is 2. The van der Waals surface area contributed by atoms with Gasteiger partial charge < -0.3 is 11.1 Å². The molecule has 122 valence electrons. The highest BCUT2D eigenvalue weighted by Crippen LogP contribution is 2.22. The molecule has 0 amide bonds. The van der Waals surface area contributed by atoms with Gasteiger partial charge in [0.1, 0.15) is 11.6 Å². The maximum atomic E-state index is 5.93. The second kappa shape index (κ2) is 6.92. The van der Waals surface area contributed by atoms with Gasteiger partial charge in [0.05, 0.1) is 0 Å². The van der Waals surface area contributed by atoms with E-state index in [4.69, 9.17) is 5.73 Å². The maximum Gasteiger partial charge on any atom is 0.163 e. The summed E-state index contributed by atoms with van der Waals surface area (Å²) < 4.78 is 0.889. The Balaban J connectivity index is 1.90. The Kier molecular flexibility index (Phi) is 4.71. The van der Waals surface area contributed by atoms with Gasteiger partial charge in [-0.25, -0.2) is 15.0 Å². The number of nitrogens with one attached hydrogen (secondary N) is 1. The van der Waals surface area contributed by atoms with E-state index in [1.54, 1.807) is 18.6 Å². The van der Waals surface area contributed by atoms with Crippen LogP contribution < -0.4 is 11.1 Å². The minimum Gasteiger partial charge on any atom is -0.383 e. The number of anilines is 2. The number of aromatic nitrogens is 4. The molecule has 0 spiro atoms. The number of rotatable bonds is 4. The first-order valence-electron chi connectivity index (χ1n) is 7.44. The minimum absolute atomic E-state index is 0.501. The van der Waals surface area contributed by atoms with Crippen LogP contribution in [0, 0.1) is 13.8 Å². The zero-order chi connectivity index (χ0) is 17.1. The van der Waals surface area contributed by atoms with Crippen LogP contribution in [0.4, 0.5) is 11.6 Å². The normalized spacial score (nSPS) is 10.6. The van der Waals surface area contributed by atoms with Crippen molar-refractivity contribution in [1.82, 2.24) is 19.9 Å². The van der Waals surface area contributed by atoms with Crippen LogP contribution in [0.3, 0.4) is 0 Å². The Bertz CT molecular complexity index is 866. The van der Waals surface area contributed by atoms with Crippen LogP contribution >= 0.6 is 15.9 Å². The third-order valence-electron chi connectivity index (χ3n) is 3.72. The second-order valence-corrected chi connectivity index (χ2v) is 6.32. The standard InChI is InChI=1S/C17H17BrN6/c1-10-11(2)23-17(12-4-3-5-20-7-12)24-16(10)22-8-13-6-14(18)9-21-15(13)19/h3-7,9H,8H2,1-2H3,(H2,19,21)(H,22,23,24). The monoisotopic (exact) mass is 384 g/mol. The molecule has 3 N–H and O–H groups in total. The SMILES string of the molecule is Cc1nc(-c2cccnc2)nc(NCc2cc(Br)cnc2N)c1C. The lowest BCUT2D eigenvalue weighted by Crippen LogP contribution is -2.09. The Morgan fingerprint density at radius 2 is 2.04 bits per heavy atom. The van der Waals surface area contributed by atoms with Crippen LogP contribution in [-0.2, 0) is 6.54 Å². The zero-order valence-electron chi connectivity index (χ0n) is 13.4. The second-order valence-electron chi connectivity index (χ2n) is 5.40. The van der Waals surface area contributed by atoms with E-state index >= 15 is 0 Å². The van der Waals surface area contributed by atoms with E-state index in [9.17, 15) is 0 Å². The van der Waals surface area contributed by atoms with Gasteiger partial charge in [-0.2, -0.15) is 0 Å². The first-order valence-corrected chi connectivity index (χ1v) is 8.23. The number of nitrogens with zero attached hydrogens (tertiary/aromatic N) is 4. The summed E-state index contributed by atoms with van der Waals surface area (Å²) in [6.45, 7) is 4.49. The molecule has 0 aliphatic rings. The highest BCUT2D eigenvalue weighted by atomic mass is 79.9. The van der Waals surface area contributed by atoms with Gasteiger partial charge in [0.25, 0.3) is 0 Å². The molecule has 0 bridgehead atoms. The van der Waals surface area contributed by atoms with Gasteiger partial charge in [-0.1, -0.05) is 0 Å². The van der Waals surface area contributed by atoms with Crippen molar-refractivity contribution in [3.05, 3.63) is 58.1 Å². The fourth-order valence-corrected chi connectivity index (χ4v) is 2.62. The van der Waals surface area contributed by atoms with E-state index in [-0.39, 0.29) is 0 Å². The van der Waals surface area contributed by atoms with Gasteiger partial charge in [-0.3, -0.25) is 4.98 Å². The summed E-state index contributed by atoms with van der Waals surface area (Å²) >= 11 is 3.41. The molecule has 3 aromatic heterocycles. The van der Waals surface area contributed by atoms with Crippen molar-refractivity contribution >= 4 is 27.6 Å². The molecule has 3 aromatic rings. The summed E-state index contributed by atoms with van der Waals surface area (Å²) in [4.78, 5) is 17.5. The molecule has 0 fully saturated rings. The first kappa shape index (κ1) is 16.3. The van der Waals surface area contributed by atoms with E-state index in [0.717, 1.165) is 32.7 Å². The quantitative estimate of drug-likeness (QED) is 0.715. The number of halogens is 1. The Morgan fingerprint density at radius 1 is 1.21 bits per heavy atom. The number of nitrogen functional groups attached to an aromatic ring is 1. The van der Waals surface area contributed by atoms with Gasteiger partial charge in [0, 0.05) is 52.0 Å². The maximum absolute atomic E-state index is 5.93. The lowest BCUT2D eigenvalue weighted by atomic mass is 10.2.